The predicted molar refractivity (Wildman–Crippen MR) is 59.8 cm³/mol. The molecule has 4 nitrogen and oxygen atoms in total. The molecule has 0 heterocycles. The van der Waals surface area contributed by atoms with E-state index in [9.17, 15) is 9.59 Å². The van der Waals surface area contributed by atoms with Crippen LogP contribution in [0, 0.1) is 5.92 Å². The molecule has 1 rings (SSSR count). The number of aliphatic carboxylic acids is 1. The van der Waals surface area contributed by atoms with E-state index in [1.54, 1.807) is 44.2 Å². The average molecular weight is 221 g/mol. The molecular formula is C12H15NO3. The summed E-state index contributed by atoms with van der Waals surface area (Å²) in [7, 11) is 0. The fourth-order valence-corrected chi connectivity index (χ4v) is 1.24. The Morgan fingerprint density at radius 3 is 2.19 bits per heavy atom. The van der Waals surface area contributed by atoms with Gasteiger partial charge in [-0.3, -0.25) is 4.79 Å². The smallest absolute Gasteiger partial charge is 0.330 e. The summed E-state index contributed by atoms with van der Waals surface area (Å²) < 4.78 is 0. The highest BCUT2D eigenvalue weighted by molar-refractivity contribution is 5.85. The van der Waals surface area contributed by atoms with Crippen LogP contribution in [0.3, 0.4) is 0 Å². The number of carboxylic acids is 1. The van der Waals surface area contributed by atoms with Gasteiger partial charge in [-0.05, 0) is 5.56 Å². The van der Waals surface area contributed by atoms with Crippen molar-refractivity contribution >= 4 is 11.9 Å². The minimum absolute atomic E-state index is 0.231. The molecule has 4 heteroatoms. The van der Waals surface area contributed by atoms with Gasteiger partial charge < -0.3 is 10.4 Å². The molecule has 0 aliphatic carbocycles. The van der Waals surface area contributed by atoms with E-state index in [1.165, 1.54) is 0 Å². The molecule has 0 fully saturated rings. The van der Waals surface area contributed by atoms with Gasteiger partial charge in [0.15, 0.2) is 6.04 Å². The van der Waals surface area contributed by atoms with Crippen molar-refractivity contribution in [3.8, 4) is 0 Å². The van der Waals surface area contributed by atoms with Crippen molar-refractivity contribution < 1.29 is 14.7 Å². The first kappa shape index (κ1) is 12.2. The number of hydrogen-bond acceptors (Lipinski definition) is 2. The van der Waals surface area contributed by atoms with E-state index >= 15 is 0 Å². The molecule has 0 unspecified atom stereocenters. The number of benzene rings is 1. The maximum atomic E-state index is 11.5. The topological polar surface area (TPSA) is 66.4 Å². The minimum Gasteiger partial charge on any atom is -0.479 e. The Bertz CT molecular complexity index is 373. The average Bonchev–Trinajstić information content (AvgIpc) is 2.26. The number of amides is 1. The molecule has 1 atom stereocenters. The van der Waals surface area contributed by atoms with Gasteiger partial charge in [-0.15, -0.1) is 0 Å². The van der Waals surface area contributed by atoms with Crippen LogP contribution in [0.25, 0.3) is 0 Å². The second-order valence-corrected chi connectivity index (χ2v) is 3.85. The molecule has 0 saturated heterocycles. The van der Waals surface area contributed by atoms with Crippen molar-refractivity contribution in [2.75, 3.05) is 0 Å². The molecule has 16 heavy (non-hydrogen) atoms. The van der Waals surface area contributed by atoms with E-state index in [-0.39, 0.29) is 11.8 Å². The number of hydrogen-bond donors (Lipinski definition) is 2. The van der Waals surface area contributed by atoms with Crippen LogP contribution < -0.4 is 5.32 Å². The van der Waals surface area contributed by atoms with Gasteiger partial charge in [0.05, 0.1) is 0 Å². The van der Waals surface area contributed by atoms with Crippen LogP contribution >= 0.6 is 0 Å². The van der Waals surface area contributed by atoms with Crippen molar-refractivity contribution in [3.63, 3.8) is 0 Å². The van der Waals surface area contributed by atoms with E-state index in [2.05, 4.69) is 5.32 Å². The Balaban J connectivity index is 2.85. The maximum Gasteiger partial charge on any atom is 0.330 e. The van der Waals surface area contributed by atoms with Gasteiger partial charge in [-0.25, -0.2) is 4.79 Å². The summed E-state index contributed by atoms with van der Waals surface area (Å²) in [4.78, 5) is 22.5. The third kappa shape index (κ3) is 3.08. The van der Waals surface area contributed by atoms with E-state index < -0.39 is 12.0 Å². The highest BCUT2D eigenvalue weighted by atomic mass is 16.4. The Kier molecular flexibility index (Phi) is 4.05. The SMILES string of the molecule is CC(C)C(=O)N[C@H](C(=O)O)c1ccccc1. The second-order valence-electron chi connectivity index (χ2n) is 3.85. The molecule has 1 aromatic carbocycles. The second kappa shape index (κ2) is 5.30. The van der Waals surface area contributed by atoms with Crippen molar-refractivity contribution in [1.29, 1.82) is 0 Å². The van der Waals surface area contributed by atoms with Crippen molar-refractivity contribution in [1.82, 2.24) is 5.32 Å². The van der Waals surface area contributed by atoms with Crippen LogP contribution in [0.1, 0.15) is 25.5 Å². The lowest BCUT2D eigenvalue weighted by Gasteiger charge is -2.16. The van der Waals surface area contributed by atoms with Crippen LogP contribution in [0.2, 0.25) is 0 Å². The minimum atomic E-state index is -1.06. The first-order valence-electron chi connectivity index (χ1n) is 5.10. The van der Waals surface area contributed by atoms with Gasteiger partial charge in [0.1, 0.15) is 0 Å². The van der Waals surface area contributed by atoms with Gasteiger partial charge in [-0.2, -0.15) is 0 Å². The van der Waals surface area contributed by atoms with Gasteiger partial charge in [0.25, 0.3) is 0 Å². The first-order valence-corrected chi connectivity index (χ1v) is 5.10. The molecule has 2 N–H and O–H groups in total. The van der Waals surface area contributed by atoms with Gasteiger partial charge in [0, 0.05) is 5.92 Å². The lowest BCUT2D eigenvalue weighted by molar-refractivity contribution is -0.142. The van der Waals surface area contributed by atoms with Crippen LogP contribution in [0.15, 0.2) is 30.3 Å². The van der Waals surface area contributed by atoms with Crippen molar-refractivity contribution in [2.45, 2.75) is 19.9 Å². The van der Waals surface area contributed by atoms with Crippen LogP contribution in [0.4, 0.5) is 0 Å². The fraction of sp³-hybridized carbons (Fsp3) is 0.333. The molecule has 86 valence electrons. The Labute approximate surface area is 94.3 Å². The largest absolute Gasteiger partial charge is 0.479 e. The molecule has 0 saturated carbocycles. The van der Waals surface area contributed by atoms with Crippen molar-refractivity contribution in [2.24, 2.45) is 5.92 Å². The summed E-state index contributed by atoms with van der Waals surface area (Å²) in [5.41, 5.74) is 0.573. The lowest BCUT2D eigenvalue weighted by Crippen LogP contribution is -2.36. The molecule has 1 aromatic rings. The molecule has 0 bridgehead atoms. The number of carbonyl (C=O) groups excluding carboxylic acids is 1. The van der Waals surface area contributed by atoms with E-state index in [1.807, 2.05) is 0 Å². The zero-order chi connectivity index (χ0) is 12.1. The highest BCUT2D eigenvalue weighted by Crippen LogP contribution is 2.13. The summed E-state index contributed by atoms with van der Waals surface area (Å²) >= 11 is 0. The number of nitrogens with one attached hydrogen (secondary N) is 1. The standard InChI is InChI=1S/C12H15NO3/c1-8(2)11(14)13-10(12(15)16)9-6-4-3-5-7-9/h3-8,10H,1-2H3,(H,13,14)(H,15,16)/t10-/m0/s1. The normalized spacial score (nSPS) is 12.2. The zero-order valence-electron chi connectivity index (χ0n) is 9.31. The Morgan fingerprint density at radius 1 is 1.19 bits per heavy atom. The summed E-state index contributed by atoms with van der Waals surface area (Å²) in [6, 6.07) is 7.67. The summed E-state index contributed by atoms with van der Waals surface area (Å²) in [5.74, 6) is -1.55. The van der Waals surface area contributed by atoms with Gasteiger partial charge in [-0.1, -0.05) is 44.2 Å². The monoisotopic (exact) mass is 221 g/mol. The zero-order valence-corrected chi connectivity index (χ0v) is 9.31. The fourth-order valence-electron chi connectivity index (χ4n) is 1.24. The van der Waals surface area contributed by atoms with Gasteiger partial charge >= 0.3 is 5.97 Å². The number of carbonyl (C=O) groups is 2. The Morgan fingerprint density at radius 2 is 1.75 bits per heavy atom. The summed E-state index contributed by atoms with van der Waals surface area (Å²) in [5, 5.41) is 11.5. The molecule has 0 aliphatic rings. The number of carboxylic acid groups (broad SMARTS) is 1. The quantitative estimate of drug-likeness (QED) is 0.811. The third-order valence-electron chi connectivity index (χ3n) is 2.19. The van der Waals surface area contributed by atoms with Gasteiger partial charge in [0.2, 0.25) is 5.91 Å². The van der Waals surface area contributed by atoms with E-state index in [0.29, 0.717) is 5.56 Å². The van der Waals surface area contributed by atoms with Crippen LogP contribution in [-0.4, -0.2) is 17.0 Å². The molecule has 0 radical (unpaired) electrons. The molecule has 1 amide bonds. The molecule has 0 aliphatic heterocycles. The van der Waals surface area contributed by atoms with E-state index in [4.69, 9.17) is 5.11 Å². The predicted octanol–water partition coefficient (Wildman–Crippen LogP) is 1.58. The number of rotatable bonds is 4. The highest BCUT2D eigenvalue weighted by Gasteiger charge is 2.22. The van der Waals surface area contributed by atoms with Crippen molar-refractivity contribution in [3.05, 3.63) is 35.9 Å². The molecular weight excluding hydrogens is 206 g/mol. The lowest BCUT2D eigenvalue weighted by atomic mass is 10.1. The molecule has 0 spiro atoms. The molecule has 0 aromatic heterocycles. The van der Waals surface area contributed by atoms with E-state index in [0.717, 1.165) is 0 Å². The first-order chi connectivity index (χ1) is 7.52. The Hall–Kier alpha value is -1.84. The van der Waals surface area contributed by atoms with Crippen LogP contribution in [0.5, 0.6) is 0 Å². The summed E-state index contributed by atoms with van der Waals surface area (Å²) in [6.45, 7) is 3.44. The maximum absolute atomic E-state index is 11.5. The summed E-state index contributed by atoms with van der Waals surface area (Å²) in [6.07, 6.45) is 0. The van der Waals surface area contributed by atoms with Crippen LogP contribution in [-0.2, 0) is 9.59 Å². The third-order valence-corrected chi connectivity index (χ3v) is 2.19.